The highest BCUT2D eigenvalue weighted by Gasteiger charge is 2.24. The molecule has 1 rings (SSSR count). The Balaban J connectivity index is 2.22. The number of hydrogen-bond donors (Lipinski definition) is 1. The van der Waals surface area contributed by atoms with Gasteiger partial charge in [-0.2, -0.15) is 0 Å². The molecule has 0 heterocycles. The molecule has 0 saturated heterocycles. The molecule has 0 aromatic rings. The van der Waals surface area contributed by atoms with Gasteiger partial charge < -0.3 is 5.73 Å². The molecule has 2 N–H and O–H groups in total. The standard InChI is InChI=1S/C11H21F2N/c1-2-8-3-5-9(6-4-8)7-10(14)11(12)13/h8-11H,2-7,14H2,1H3. The van der Waals surface area contributed by atoms with Crippen molar-refractivity contribution in [2.45, 2.75) is 57.9 Å². The second-order valence-electron chi connectivity index (χ2n) is 4.53. The SMILES string of the molecule is CCC1CCC(CC(N)C(F)F)CC1. The molecule has 0 amide bonds. The lowest BCUT2D eigenvalue weighted by Gasteiger charge is -2.29. The van der Waals surface area contributed by atoms with Gasteiger partial charge in [-0.05, 0) is 18.3 Å². The van der Waals surface area contributed by atoms with Gasteiger partial charge in [0.2, 0.25) is 0 Å². The van der Waals surface area contributed by atoms with E-state index in [0.717, 1.165) is 18.8 Å². The molecule has 0 radical (unpaired) electrons. The molecule has 0 aromatic carbocycles. The lowest BCUT2D eigenvalue weighted by Crippen LogP contribution is -2.32. The third kappa shape index (κ3) is 3.52. The first-order chi connectivity index (χ1) is 6.63. The molecule has 1 nitrogen and oxygen atoms in total. The van der Waals surface area contributed by atoms with Gasteiger partial charge >= 0.3 is 0 Å². The second kappa shape index (κ2) is 5.64. The summed E-state index contributed by atoms with van der Waals surface area (Å²) >= 11 is 0. The zero-order valence-electron chi connectivity index (χ0n) is 8.89. The molecule has 1 atom stereocenters. The summed E-state index contributed by atoms with van der Waals surface area (Å²) in [6.07, 6.45) is 3.99. The quantitative estimate of drug-likeness (QED) is 0.749. The molecule has 3 heteroatoms. The first-order valence-electron chi connectivity index (χ1n) is 5.67. The summed E-state index contributed by atoms with van der Waals surface area (Å²) in [5.74, 6) is 1.27. The zero-order valence-corrected chi connectivity index (χ0v) is 8.89. The molecule has 0 spiro atoms. The average molecular weight is 205 g/mol. The molecule has 0 aromatic heterocycles. The van der Waals surface area contributed by atoms with Crippen LogP contribution in [0, 0.1) is 11.8 Å². The number of nitrogens with two attached hydrogens (primary N) is 1. The third-order valence-corrected chi connectivity index (χ3v) is 3.47. The van der Waals surface area contributed by atoms with Crippen molar-refractivity contribution >= 4 is 0 Å². The van der Waals surface area contributed by atoms with Crippen LogP contribution in [0.15, 0.2) is 0 Å². The van der Waals surface area contributed by atoms with E-state index in [4.69, 9.17) is 5.73 Å². The topological polar surface area (TPSA) is 26.0 Å². The van der Waals surface area contributed by atoms with E-state index < -0.39 is 12.5 Å². The van der Waals surface area contributed by atoms with Gasteiger partial charge in [-0.3, -0.25) is 0 Å². The van der Waals surface area contributed by atoms with E-state index >= 15 is 0 Å². The Morgan fingerprint density at radius 1 is 1.14 bits per heavy atom. The summed E-state index contributed by atoms with van der Waals surface area (Å²) < 4.78 is 24.4. The molecular formula is C11H21F2N. The minimum atomic E-state index is -2.35. The third-order valence-electron chi connectivity index (χ3n) is 3.47. The van der Waals surface area contributed by atoms with Crippen molar-refractivity contribution < 1.29 is 8.78 Å². The maximum atomic E-state index is 12.2. The Hall–Kier alpha value is -0.180. The number of rotatable bonds is 4. The maximum absolute atomic E-state index is 12.2. The summed E-state index contributed by atoms with van der Waals surface area (Å²) in [4.78, 5) is 0. The van der Waals surface area contributed by atoms with Crippen molar-refractivity contribution in [2.75, 3.05) is 0 Å². The molecule has 1 unspecified atom stereocenters. The predicted octanol–water partition coefficient (Wildman–Crippen LogP) is 3.19. The van der Waals surface area contributed by atoms with Crippen LogP contribution in [-0.4, -0.2) is 12.5 Å². The molecule has 1 aliphatic rings. The molecule has 84 valence electrons. The van der Waals surface area contributed by atoms with Gasteiger partial charge in [0, 0.05) is 0 Å². The molecule has 1 aliphatic carbocycles. The fourth-order valence-corrected chi connectivity index (χ4v) is 2.36. The van der Waals surface area contributed by atoms with Gasteiger partial charge in [0.25, 0.3) is 6.43 Å². The first kappa shape index (κ1) is 11.9. The number of alkyl halides is 2. The highest BCUT2D eigenvalue weighted by molar-refractivity contribution is 4.76. The minimum Gasteiger partial charge on any atom is -0.323 e. The van der Waals surface area contributed by atoms with Crippen LogP contribution in [0.3, 0.4) is 0 Å². The van der Waals surface area contributed by atoms with Crippen molar-refractivity contribution in [3.63, 3.8) is 0 Å². The van der Waals surface area contributed by atoms with Crippen LogP contribution < -0.4 is 5.73 Å². The largest absolute Gasteiger partial charge is 0.323 e. The van der Waals surface area contributed by atoms with Crippen molar-refractivity contribution in [2.24, 2.45) is 17.6 Å². The summed E-state index contributed by atoms with van der Waals surface area (Å²) in [5.41, 5.74) is 5.36. The Bertz CT molecular complexity index is 153. The summed E-state index contributed by atoms with van der Waals surface area (Å²) in [7, 11) is 0. The van der Waals surface area contributed by atoms with Gasteiger partial charge in [0.05, 0.1) is 6.04 Å². The Morgan fingerprint density at radius 2 is 1.64 bits per heavy atom. The van der Waals surface area contributed by atoms with Crippen LogP contribution >= 0.6 is 0 Å². The number of hydrogen-bond acceptors (Lipinski definition) is 1. The predicted molar refractivity (Wildman–Crippen MR) is 54.3 cm³/mol. The fraction of sp³-hybridized carbons (Fsp3) is 1.00. The molecule has 0 bridgehead atoms. The Labute approximate surface area is 85.1 Å². The van der Waals surface area contributed by atoms with Gasteiger partial charge in [0.1, 0.15) is 0 Å². The smallest absolute Gasteiger partial charge is 0.253 e. The van der Waals surface area contributed by atoms with E-state index in [-0.39, 0.29) is 0 Å². The normalized spacial score (nSPS) is 30.6. The lowest BCUT2D eigenvalue weighted by molar-refractivity contribution is 0.0966. The zero-order chi connectivity index (χ0) is 10.6. The maximum Gasteiger partial charge on any atom is 0.253 e. The fourth-order valence-electron chi connectivity index (χ4n) is 2.36. The van der Waals surface area contributed by atoms with Crippen molar-refractivity contribution in [1.29, 1.82) is 0 Å². The van der Waals surface area contributed by atoms with Gasteiger partial charge in [-0.25, -0.2) is 8.78 Å². The molecule has 1 saturated carbocycles. The van der Waals surface area contributed by atoms with Crippen LogP contribution in [0.5, 0.6) is 0 Å². The van der Waals surface area contributed by atoms with Gasteiger partial charge in [0.15, 0.2) is 0 Å². The van der Waals surface area contributed by atoms with Gasteiger partial charge in [-0.15, -0.1) is 0 Å². The van der Waals surface area contributed by atoms with E-state index in [9.17, 15) is 8.78 Å². The molecule has 0 aliphatic heterocycles. The van der Waals surface area contributed by atoms with E-state index in [2.05, 4.69) is 6.92 Å². The van der Waals surface area contributed by atoms with E-state index in [1.54, 1.807) is 0 Å². The second-order valence-corrected chi connectivity index (χ2v) is 4.53. The monoisotopic (exact) mass is 205 g/mol. The average Bonchev–Trinajstić information content (AvgIpc) is 2.19. The molecular weight excluding hydrogens is 184 g/mol. The van der Waals surface area contributed by atoms with Gasteiger partial charge in [-0.1, -0.05) is 39.0 Å². The molecule has 14 heavy (non-hydrogen) atoms. The number of halogens is 2. The molecule has 1 fully saturated rings. The van der Waals surface area contributed by atoms with Crippen LogP contribution in [0.2, 0.25) is 0 Å². The van der Waals surface area contributed by atoms with Crippen molar-refractivity contribution in [3.8, 4) is 0 Å². The van der Waals surface area contributed by atoms with E-state index in [1.165, 1.54) is 19.3 Å². The van der Waals surface area contributed by atoms with Crippen LogP contribution in [0.4, 0.5) is 8.78 Å². The Morgan fingerprint density at radius 3 is 2.07 bits per heavy atom. The summed E-state index contributed by atoms with van der Waals surface area (Å²) in [6, 6.07) is -0.904. The van der Waals surface area contributed by atoms with E-state index in [1.807, 2.05) is 0 Å². The summed E-state index contributed by atoms with van der Waals surface area (Å²) in [5, 5.41) is 0. The Kier molecular flexibility index (Phi) is 4.79. The minimum absolute atomic E-state index is 0.446. The highest BCUT2D eigenvalue weighted by atomic mass is 19.3. The van der Waals surface area contributed by atoms with Crippen LogP contribution in [-0.2, 0) is 0 Å². The van der Waals surface area contributed by atoms with Crippen LogP contribution in [0.25, 0.3) is 0 Å². The van der Waals surface area contributed by atoms with Crippen LogP contribution in [0.1, 0.15) is 45.4 Å². The first-order valence-corrected chi connectivity index (χ1v) is 5.67. The van der Waals surface area contributed by atoms with E-state index in [0.29, 0.717) is 12.3 Å². The summed E-state index contributed by atoms with van der Waals surface area (Å²) in [6.45, 7) is 2.20. The highest BCUT2D eigenvalue weighted by Crippen LogP contribution is 2.33. The van der Waals surface area contributed by atoms with Crippen molar-refractivity contribution in [3.05, 3.63) is 0 Å². The lowest BCUT2D eigenvalue weighted by atomic mass is 9.78. The van der Waals surface area contributed by atoms with Crippen molar-refractivity contribution in [1.82, 2.24) is 0 Å².